The summed E-state index contributed by atoms with van der Waals surface area (Å²) < 4.78 is 0. The van der Waals surface area contributed by atoms with E-state index in [-0.39, 0.29) is 12.0 Å². The summed E-state index contributed by atoms with van der Waals surface area (Å²) in [5.74, 6) is 0.450. The van der Waals surface area contributed by atoms with E-state index in [0.29, 0.717) is 5.92 Å². The van der Waals surface area contributed by atoms with Crippen LogP contribution in [0.4, 0.5) is 5.69 Å². The number of aliphatic hydroxyl groups is 1. The summed E-state index contributed by atoms with van der Waals surface area (Å²) in [4.78, 5) is 4.97. The molecule has 3 unspecified atom stereocenters. The van der Waals surface area contributed by atoms with Crippen LogP contribution in [0.2, 0.25) is 0 Å². The summed E-state index contributed by atoms with van der Waals surface area (Å²) in [5.41, 5.74) is 13.4. The maximum absolute atomic E-state index is 10.5. The van der Waals surface area contributed by atoms with E-state index in [4.69, 9.17) is 10.7 Å². The van der Waals surface area contributed by atoms with E-state index in [9.17, 15) is 5.11 Å². The molecule has 3 N–H and O–H groups in total. The fourth-order valence-electron chi connectivity index (χ4n) is 4.70. The van der Waals surface area contributed by atoms with E-state index >= 15 is 0 Å². The first kappa shape index (κ1) is 14.0. The molecule has 3 aromatic rings. The SMILES string of the molecule is Nc1c2c(nc3ccccc13)CC1CC(O)CC2c2ccccc21. The lowest BCUT2D eigenvalue weighted by Crippen LogP contribution is -2.19. The highest BCUT2D eigenvalue weighted by Gasteiger charge is 2.37. The van der Waals surface area contributed by atoms with Crippen molar-refractivity contribution in [3.63, 3.8) is 0 Å². The summed E-state index contributed by atoms with van der Waals surface area (Å²) in [6, 6.07) is 16.7. The number of anilines is 1. The number of hydrogen-bond donors (Lipinski definition) is 2. The number of aromatic nitrogens is 1. The molecule has 120 valence electrons. The molecule has 2 aromatic carbocycles. The number of nitrogens with two attached hydrogens (primary N) is 1. The molecular weight excluding hydrogens is 296 g/mol. The van der Waals surface area contributed by atoms with E-state index < -0.39 is 0 Å². The summed E-state index contributed by atoms with van der Waals surface area (Å²) >= 11 is 0. The minimum absolute atomic E-state index is 0.135. The van der Waals surface area contributed by atoms with E-state index in [1.54, 1.807) is 0 Å². The predicted octanol–water partition coefficient (Wildman–Crippen LogP) is 3.74. The normalized spacial score (nSPS) is 25.0. The Balaban J connectivity index is 1.85. The number of benzene rings is 2. The number of nitrogens with zero attached hydrogens (tertiary/aromatic N) is 1. The van der Waals surface area contributed by atoms with E-state index in [0.717, 1.165) is 47.1 Å². The van der Waals surface area contributed by atoms with Gasteiger partial charge in [-0.25, -0.2) is 0 Å². The van der Waals surface area contributed by atoms with Gasteiger partial charge in [0.1, 0.15) is 0 Å². The van der Waals surface area contributed by atoms with Gasteiger partial charge < -0.3 is 10.8 Å². The van der Waals surface area contributed by atoms with Crippen LogP contribution in [-0.2, 0) is 6.42 Å². The zero-order valence-electron chi connectivity index (χ0n) is 13.4. The van der Waals surface area contributed by atoms with Gasteiger partial charge in [0.2, 0.25) is 0 Å². The van der Waals surface area contributed by atoms with Gasteiger partial charge in [-0.2, -0.15) is 0 Å². The van der Waals surface area contributed by atoms with Crippen LogP contribution in [0, 0.1) is 0 Å². The second kappa shape index (κ2) is 5.05. The van der Waals surface area contributed by atoms with Crippen LogP contribution in [0.3, 0.4) is 0 Å². The second-order valence-corrected chi connectivity index (χ2v) is 7.11. The minimum Gasteiger partial charge on any atom is -0.398 e. The van der Waals surface area contributed by atoms with Crippen molar-refractivity contribution >= 4 is 16.6 Å². The van der Waals surface area contributed by atoms with Gasteiger partial charge in [0.05, 0.1) is 11.6 Å². The molecule has 0 amide bonds. The molecule has 0 saturated carbocycles. The Bertz CT molecular complexity index is 950. The molecule has 0 radical (unpaired) electrons. The number of fused-ring (bicyclic) bond motifs is 3. The molecule has 1 aromatic heterocycles. The third-order valence-corrected chi connectivity index (χ3v) is 5.71. The van der Waals surface area contributed by atoms with Crippen LogP contribution in [0.25, 0.3) is 10.9 Å². The van der Waals surface area contributed by atoms with E-state index in [1.165, 1.54) is 11.1 Å². The Morgan fingerprint density at radius 2 is 1.71 bits per heavy atom. The van der Waals surface area contributed by atoms with E-state index in [1.807, 2.05) is 24.3 Å². The first-order valence-corrected chi connectivity index (χ1v) is 8.66. The second-order valence-electron chi connectivity index (χ2n) is 7.11. The van der Waals surface area contributed by atoms with Crippen molar-refractivity contribution in [2.45, 2.75) is 37.2 Å². The summed E-state index contributed by atoms with van der Waals surface area (Å²) in [5, 5.41) is 11.6. The first-order valence-electron chi connectivity index (χ1n) is 8.66. The van der Waals surface area contributed by atoms with Crippen molar-refractivity contribution < 1.29 is 5.11 Å². The number of hydrogen-bond acceptors (Lipinski definition) is 3. The molecule has 3 heteroatoms. The standard InChI is InChI=1S/C21H20N2O/c22-21-16-7-3-4-8-18(16)23-19-10-12-9-13(24)11-17(20(19)21)15-6-2-1-5-14(12)15/h1-8,12-13,17,24H,9-11H2,(H2,22,23). The molecule has 1 heterocycles. The molecule has 0 aliphatic heterocycles. The Kier molecular flexibility index (Phi) is 2.95. The van der Waals surface area contributed by atoms with Gasteiger partial charge in [0.15, 0.2) is 0 Å². The van der Waals surface area contributed by atoms with Crippen LogP contribution >= 0.6 is 0 Å². The molecule has 0 spiro atoms. The maximum atomic E-state index is 10.5. The number of pyridine rings is 1. The highest BCUT2D eigenvalue weighted by atomic mass is 16.3. The van der Waals surface area contributed by atoms with Gasteiger partial charge in [0.25, 0.3) is 0 Å². The van der Waals surface area contributed by atoms with Crippen LogP contribution in [-0.4, -0.2) is 16.2 Å². The number of nitrogen functional groups attached to an aromatic ring is 1. The van der Waals surface area contributed by atoms with Gasteiger partial charge in [0, 0.05) is 28.2 Å². The van der Waals surface area contributed by atoms with Crippen molar-refractivity contribution in [2.75, 3.05) is 5.73 Å². The highest BCUT2D eigenvalue weighted by molar-refractivity contribution is 5.92. The zero-order valence-corrected chi connectivity index (χ0v) is 13.4. The van der Waals surface area contributed by atoms with Crippen LogP contribution < -0.4 is 5.73 Å². The van der Waals surface area contributed by atoms with Gasteiger partial charge in [-0.05, 0) is 42.4 Å². The van der Waals surface area contributed by atoms with Gasteiger partial charge in [-0.1, -0.05) is 42.5 Å². The molecular formula is C21H20N2O. The highest BCUT2D eigenvalue weighted by Crippen LogP contribution is 2.48. The average Bonchev–Trinajstić information content (AvgIpc) is 2.79. The Morgan fingerprint density at radius 3 is 2.58 bits per heavy atom. The fourth-order valence-corrected chi connectivity index (χ4v) is 4.70. The average molecular weight is 316 g/mol. The fraction of sp³-hybridized carbons (Fsp3) is 0.286. The number of rotatable bonds is 0. The summed E-state index contributed by atoms with van der Waals surface area (Å²) in [6.07, 6.45) is 2.10. The number of aliphatic hydroxyl groups excluding tert-OH is 1. The van der Waals surface area contributed by atoms with Crippen molar-refractivity contribution in [3.8, 4) is 0 Å². The van der Waals surface area contributed by atoms with Crippen molar-refractivity contribution in [1.82, 2.24) is 4.98 Å². The van der Waals surface area contributed by atoms with Crippen LogP contribution in [0.15, 0.2) is 48.5 Å². The van der Waals surface area contributed by atoms with Crippen molar-refractivity contribution in [1.29, 1.82) is 0 Å². The quantitative estimate of drug-likeness (QED) is 0.664. The lowest BCUT2D eigenvalue weighted by Gasteiger charge is -2.25. The monoisotopic (exact) mass is 316 g/mol. The van der Waals surface area contributed by atoms with Gasteiger partial charge >= 0.3 is 0 Å². The molecule has 2 bridgehead atoms. The molecule has 2 aliphatic rings. The summed E-state index contributed by atoms with van der Waals surface area (Å²) in [6.45, 7) is 0. The molecule has 5 rings (SSSR count). The third kappa shape index (κ3) is 1.91. The van der Waals surface area contributed by atoms with Crippen LogP contribution in [0.1, 0.15) is 47.1 Å². The largest absolute Gasteiger partial charge is 0.398 e. The molecule has 0 fully saturated rings. The van der Waals surface area contributed by atoms with Crippen molar-refractivity contribution in [3.05, 3.63) is 70.9 Å². The molecule has 3 nitrogen and oxygen atoms in total. The lowest BCUT2D eigenvalue weighted by molar-refractivity contribution is 0.142. The third-order valence-electron chi connectivity index (χ3n) is 5.71. The zero-order chi connectivity index (χ0) is 16.3. The van der Waals surface area contributed by atoms with Crippen molar-refractivity contribution in [2.24, 2.45) is 0 Å². The topological polar surface area (TPSA) is 59.1 Å². The maximum Gasteiger partial charge on any atom is 0.0726 e. The van der Waals surface area contributed by atoms with Gasteiger partial charge in [-0.3, -0.25) is 4.98 Å². The Morgan fingerprint density at radius 1 is 0.958 bits per heavy atom. The Labute approximate surface area is 141 Å². The Hall–Kier alpha value is -2.39. The lowest BCUT2D eigenvalue weighted by atomic mass is 9.83. The van der Waals surface area contributed by atoms with E-state index in [2.05, 4.69) is 24.3 Å². The smallest absolute Gasteiger partial charge is 0.0726 e. The van der Waals surface area contributed by atoms with Gasteiger partial charge in [-0.15, -0.1) is 0 Å². The molecule has 3 atom stereocenters. The molecule has 24 heavy (non-hydrogen) atoms. The molecule has 2 aliphatic carbocycles. The first-order chi connectivity index (χ1) is 11.7. The predicted molar refractivity (Wildman–Crippen MR) is 96.1 cm³/mol. The van der Waals surface area contributed by atoms with Crippen LogP contribution in [0.5, 0.6) is 0 Å². The summed E-state index contributed by atoms with van der Waals surface area (Å²) in [7, 11) is 0. The molecule has 0 saturated heterocycles. The number of para-hydroxylation sites is 1. The minimum atomic E-state index is -0.286.